The van der Waals surface area contributed by atoms with Crippen molar-refractivity contribution in [3.05, 3.63) is 64.5 Å². The fourth-order valence-corrected chi connectivity index (χ4v) is 2.06. The Morgan fingerprint density at radius 1 is 1.12 bits per heavy atom. The molecular formula is C18H16F3NO2. The Kier molecular flexibility index (Phi) is 6.54. The third-order valence-corrected chi connectivity index (χ3v) is 3.12. The highest BCUT2D eigenvalue weighted by atomic mass is 19.1. The minimum Gasteiger partial charge on any atom is -0.423 e. The number of halogens is 3. The van der Waals surface area contributed by atoms with Crippen molar-refractivity contribution in [1.82, 2.24) is 0 Å². The van der Waals surface area contributed by atoms with Gasteiger partial charge in [0.1, 0.15) is 34.8 Å². The largest absolute Gasteiger partial charge is 0.423 e. The summed E-state index contributed by atoms with van der Waals surface area (Å²) in [6.07, 6.45) is 1.18. The molecule has 0 aromatic heterocycles. The van der Waals surface area contributed by atoms with Gasteiger partial charge in [-0.15, -0.1) is 0 Å². The van der Waals surface area contributed by atoms with E-state index in [0.717, 1.165) is 24.3 Å². The van der Waals surface area contributed by atoms with Crippen LogP contribution >= 0.6 is 0 Å². The van der Waals surface area contributed by atoms with Crippen molar-refractivity contribution in [2.75, 3.05) is 0 Å². The van der Waals surface area contributed by atoms with E-state index >= 15 is 0 Å². The van der Waals surface area contributed by atoms with Gasteiger partial charge in [-0.2, -0.15) is 5.26 Å². The minimum atomic E-state index is -1.27. The predicted molar refractivity (Wildman–Crippen MR) is 83.2 cm³/mol. The highest BCUT2D eigenvalue weighted by Gasteiger charge is 2.21. The van der Waals surface area contributed by atoms with Crippen molar-refractivity contribution in [2.24, 2.45) is 0 Å². The number of nitrogens with zero attached hydrogens (tertiary/aromatic N) is 1. The molecule has 0 unspecified atom stereocenters. The van der Waals surface area contributed by atoms with Gasteiger partial charge in [0.2, 0.25) is 0 Å². The molecule has 0 bridgehead atoms. The molecule has 3 nitrogen and oxygen atoms in total. The first-order valence-electron chi connectivity index (χ1n) is 6.86. The van der Waals surface area contributed by atoms with Gasteiger partial charge in [-0.3, -0.25) is 0 Å². The van der Waals surface area contributed by atoms with Gasteiger partial charge in [-0.25, -0.2) is 18.0 Å². The fraction of sp³-hybridized carbons (Fsp3) is 0.222. The van der Waals surface area contributed by atoms with Crippen molar-refractivity contribution in [2.45, 2.75) is 27.2 Å². The molecule has 2 rings (SSSR count). The van der Waals surface area contributed by atoms with Crippen LogP contribution in [0.1, 0.15) is 42.3 Å². The number of nitriles is 1. The number of benzene rings is 2. The van der Waals surface area contributed by atoms with Crippen LogP contribution in [0.5, 0.6) is 5.75 Å². The van der Waals surface area contributed by atoms with Crippen LogP contribution in [0, 0.1) is 28.8 Å². The van der Waals surface area contributed by atoms with Crippen molar-refractivity contribution in [1.29, 1.82) is 5.26 Å². The molecule has 0 atom stereocenters. The maximum Gasteiger partial charge on any atom is 0.349 e. The normalized spacial score (nSPS) is 9.79. The van der Waals surface area contributed by atoms with E-state index in [2.05, 4.69) is 0 Å². The average molecular weight is 335 g/mol. The molecule has 0 fully saturated rings. The molecular weight excluding hydrogens is 319 g/mol. The van der Waals surface area contributed by atoms with E-state index in [0.29, 0.717) is 18.4 Å². The molecule has 0 amide bonds. The molecule has 2 aromatic carbocycles. The average Bonchev–Trinajstić information content (AvgIpc) is 2.47. The van der Waals surface area contributed by atoms with Crippen LogP contribution in [-0.4, -0.2) is 5.97 Å². The number of ether oxygens (including phenoxy) is 1. The number of aryl methyl sites for hydroxylation is 1. The molecule has 0 saturated carbocycles. The first kappa shape index (κ1) is 19.2. The SMILES string of the molecule is C.CCCc1cc(F)c(C(=O)Oc2ccc(C#N)c(F)c2)c(F)c1. The summed E-state index contributed by atoms with van der Waals surface area (Å²) in [5.41, 5.74) is -0.635. The lowest BCUT2D eigenvalue weighted by Gasteiger charge is -2.08. The summed E-state index contributed by atoms with van der Waals surface area (Å²) in [6.45, 7) is 1.86. The molecule has 0 aliphatic heterocycles. The number of esters is 1. The van der Waals surface area contributed by atoms with Crippen LogP contribution < -0.4 is 4.74 Å². The fourth-order valence-electron chi connectivity index (χ4n) is 2.06. The standard InChI is InChI=1S/C17H12F3NO2.CH4/c1-2-3-10-6-14(19)16(15(20)7-10)17(22)23-12-5-4-11(9-21)13(18)8-12;/h4-8H,2-3H2,1H3;1H4. The lowest BCUT2D eigenvalue weighted by Crippen LogP contribution is -2.14. The molecule has 0 heterocycles. The topological polar surface area (TPSA) is 50.1 Å². The van der Waals surface area contributed by atoms with E-state index in [1.54, 1.807) is 6.07 Å². The third-order valence-electron chi connectivity index (χ3n) is 3.12. The summed E-state index contributed by atoms with van der Waals surface area (Å²) in [4.78, 5) is 11.9. The van der Waals surface area contributed by atoms with Gasteiger partial charge in [-0.05, 0) is 36.2 Å². The summed E-state index contributed by atoms with van der Waals surface area (Å²) < 4.78 is 46.1. The number of carbonyl (C=O) groups is 1. The first-order valence-corrected chi connectivity index (χ1v) is 6.86. The van der Waals surface area contributed by atoms with Crippen molar-refractivity contribution in [3.63, 3.8) is 0 Å². The maximum absolute atomic E-state index is 13.9. The van der Waals surface area contributed by atoms with E-state index in [4.69, 9.17) is 10.00 Å². The first-order chi connectivity index (χ1) is 11.0. The molecule has 0 radical (unpaired) electrons. The Labute approximate surface area is 138 Å². The smallest absolute Gasteiger partial charge is 0.349 e. The summed E-state index contributed by atoms with van der Waals surface area (Å²) in [7, 11) is 0. The van der Waals surface area contributed by atoms with Crippen molar-refractivity contribution in [3.8, 4) is 11.8 Å². The molecule has 0 N–H and O–H groups in total. The Morgan fingerprint density at radius 2 is 1.75 bits per heavy atom. The Bertz CT molecular complexity index is 774. The Balaban J connectivity index is 0.00000288. The Hall–Kier alpha value is -2.81. The highest BCUT2D eigenvalue weighted by molar-refractivity contribution is 5.91. The zero-order valence-electron chi connectivity index (χ0n) is 12.2. The molecule has 0 aliphatic carbocycles. The summed E-state index contributed by atoms with van der Waals surface area (Å²) in [6, 6.07) is 6.83. The van der Waals surface area contributed by atoms with Crippen LogP contribution in [0.15, 0.2) is 30.3 Å². The second-order valence-corrected chi connectivity index (χ2v) is 4.83. The van der Waals surface area contributed by atoms with Gasteiger partial charge < -0.3 is 4.74 Å². The molecule has 0 saturated heterocycles. The number of rotatable bonds is 4. The Morgan fingerprint density at radius 3 is 2.25 bits per heavy atom. The van der Waals surface area contributed by atoms with E-state index in [-0.39, 0.29) is 18.7 Å². The summed E-state index contributed by atoms with van der Waals surface area (Å²) in [5, 5.41) is 8.61. The molecule has 126 valence electrons. The molecule has 2 aromatic rings. The van der Waals surface area contributed by atoms with Gasteiger partial charge in [-0.1, -0.05) is 20.8 Å². The zero-order chi connectivity index (χ0) is 17.0. The highest BCUT2D eigenvalue weighted by Crippen LogP contribution is 2.21. The van der Waals surface area contributed by atoms with E-state index in [1.807, 2.05) is 6.92 Å². The number of hydrogen-bond acceptors (Lipinski definition) is 3. The molecule has 24 heavy (non-hydrogen) atoms. The lowest BCUT2D eigenvalue weighted by molar-refractivity contribution is 0.0724. The monoisotopic (exact) mass is 335 g/mol. The van der Waals surface area contributed by atoms with Crippen LogP contribution in [0.3, 0.4) is 0 Å². The van der Waals surface area contributed by atoms with Gasteiger partial charge in [0, 0.05) is 6.07 Å². The maximum atomic E-state index is 13.9. The summed E-state index contributed by atoms with van der Waals surface area (Å²) >= 11 is 0. The second kappa shape index (κ2) is 8.16. The van der Waals surface area contributed by atoms with Crippen LogP contribution in [-0.2, 0) is 6.42 Å². The van der Waals surface area contributed by atoms with Gasteiger partial charge >= 0.3 is 5.97 Å². The third kappa shape index (κ3) is 4.13. The van der Waals surface area contributed by atoms with E-state index < -0.39 is 29.0 Å². The van der Waals surface area contributed by atoms with E-state index in [9.17, 15) is 18.0 Å². The van der Waals surface area contributed by atoms with Gasteiger partial charge in [0.05, 0.1) is 5.56 Å². The quantitative estimate of drug-likeness (QED) is 0.596. The van der Waals surface area contributed by atoms with Crippen LogP contribution in [0.4, 0.5) is 13.2 Å². The lowest BCUT2D eigenvalue weighted by atomic mass is 10.1. The zero-order valence-corrected chi connectivity index (χ0v) is 12.2. The minimum absolute atomic E-state index is 0. The summed E-state index contributed by atoms with van der Waals surface area (Å²) in [5.74, 6) is -4.48. The predicted octanol–water partition coefficient (Wildman–Crippen LogP) is 4.78. The van der Waals surface area contributed by atoms with E-state index in [1.165, 1.54) is 6.07 Å². The molecule has 0 spiro atoms. The van der Waals surface area contributed by atoms with Crippen LogP contribution in [0.2, 0.25) is 0 Å². The molecule has 6 heteroatoms. The number of carbonyl (C=O) groups excluding carboxylic acids is 1. The van der Waals surface area contributed by atoms with Gasteiger partial charge in [0.15, 0.2) is 0 Å². The number of hydrogen-bond donors (Lipinski definition) is 0. The van der Waals surface area contributed by atoms with Crippen molar-refractivity contribution < 1.29 is 22.7 Å². The van der Waals surface area contributed by atoms with Crippen LogP contribution in [0.25, 0.3) is 0 Å². The van der Waals surface area contributed by atoms with Crippen molar-refractivity contribution >= 4 is 5.97 Å². The molecule has 0 aliphatic rings. The van der Waals surface area contributed by atoms with Gasteiger partial charge in [0.25, 0.3) is 0 Å². The second-order valence-electron chi connectivity index (χ2n) is 4.83.